The normalized spacial score (nSPS) is 13.4. The molecule has 176 valence electrons. The Morgan fingerprint density at radius 2 is 1.14 bits per heavy atom. The van der Waals surface area contributed by atoms with E-state index in [0.29, 0.717) is 0 Å². The van der Waals surface area contributed by atoms with Crippen LogP contribution in [-0.4, -0.2) is 9.97 Å². The Kier molecular flexibility index (Phi) is 5.15. The molecule has 0 spiro atoms. The molecule has 36 heavy (non-hydrogen) atoms. The third-order valence-corrected chi connectivity index (χ3v) is 7.54. The number of benzene rings is 3. The molecule has 0 amide bonds. The van der Waals surface area contributed by atoms with E-state index in [1.54, 1.807) is 0 Å². The van der Waals surface area contributed by atoms with Crippen molar-refractivity contribution in [1.82, 2.24) is 9.97 Å². The number of hydrogen-bond acceptors (Lipinski definition) is 2. The second kappa shape index (κ2) is 8.27. The fraction of sp³-hybridized carbons (Fsp3) is 0.176. The third-order valence-electron chi connectivity index (χ3n) is 7.54. The molecule has 1 aliphatic carbocycles. The molecule has 0 bridgehead atoms. The van der Waals surface area contributed by atoms with Crippen molar-refractivity contribution in [3.05, 3.63) is 141 Å². The Morgan fingerprint density at radius 1 is 0.528 bits per heavy atom. The molecule has 0 atom stereocenters. The highest BCUT2D eigenvalue weighted by Crippen LogP contribution is 2.55. The second-order valence-electron chi connectivity index (χ2n) is 10.3. The van der Waals surface area contributed by atoms with Gasteiger partial charge in [-0.15, -0.1) is 0 Å². The number of hydrogen-bond donors (Lipinski definition) is 0. The highest BCUT2D eigenvalue weighted by Gasteiger charge is 2.48. The van der Waals surface area contributed by atoms with Crippen molar-refractivity contribution in [2.24, 2.45) is 0 Å². The van der Waals surface area contributed by atoms with Crippen molar-refractivity contribution in [3.8, 4) is 22.4 Å². The summed E-state index contributed by atoms with van der Waals surface area (Å²) in [4.78, 5) is 10.4. The van der Waals surface area contributed by atoms with Crippen molar-refractivity contribution < 1.29 is 0 Å². The van der Waals surface area contributed by atoms with Gasteiger partial charge in [0, 0.05) is 11.8 Å². The van der Waals surface area contributed by atoms with Gasteiger partial charge in [0.2, 0.25) is 0 Å². The predicted octanol–water partition coefficient (Wildman–Crippen LogP) is 8.05. The predicted molar refractivity (Wildman–Crippen MR) is 148 cm³/mol. The number of fused-ring (bicyclic) bond motifs is 3. The minimum absolute atomic E-state index is 0.591. The van der Waals surface area contributed by atoms with E-state index in [0.717, 1.165) is 17.1 Å². The van der Waals surface area contributed by atoms with Gasteiger partial charge in [-0.25, -0.2) is 0 Å². The zero-order chi connectivity index (χ0) is 25.0. The number of rotatable bonds is 3. The Bertz CT molecular complexity index is 1590. The standard InChI is InChI=1S/C34H30N2/c1-21-9-12-26(25(5)17-21)31-7-6-8-32(36-31)34(33-20-24(4)15-16-35-33)29-13-10-22(2)18-27(29)28-19-23(3)11-14-30(28)34/h6-20H,1-5H3. The van der Waals surface area contributed by atoms with Crippen molar-refractivity contribution in [3.63, 3.8) is 0 Å². The molecule has 2 nitrogen and oxygen atoms in total. The molecule has 3 aromatic carbocycles. The van der Waals surface area contributed by atoms with Crippen LogP contribution in [0.25, 0.3) is 22.4 Å². The van der Waals surface area contributed by atoms with Crippen LogP contribution >= 0.6 is 0 Å². The zero-order valence-electron chi connectivity index (χ0n) is 21.6. The van der Waals surface area contributed by atoms with Crippen LogP contribution in [0.5, 0.6) is 0 Å². The maximum Gasteiger partial charge on any atom is 0.106 e. The van der Waals surface area contributed by atoms with E-state index < -0.39 is 5.41 Å². The third kappa shape index (κ3) is 3.32. The van der Waals surface area contributed by atoms with Crippen LogP contribution < -0.4 is 0 Å². The van der Waals surface area contributed by atoms with Crippen LogP contribution in [0.1, 0.15) is 50.3 Å². The van der Waals surface area contributed by atoms with E-state index >= 15 is 0 Å². The van der Waals surface area contributed by atoms with Gasteiger partial charge in [0.25, 0.3) is 0 Å². The molecule has 0 saturated heterocycles. The monoisotopic (exact) mass is 466 g/mol. The summed E-state index contributed by atoms with van der Waals surface area (Å²) in [6.45, 7) is 10.8. The van der Waals surface area contributed by atoms with Crippen molar-refractivity contribution in [1.29, 1.82) is 0 Å². The van der Waals surface area contributed by atoms with Gasteiger partial charge in [-0.3, -0.25) is 9.97 Å². The Hall–Kier alpha value is -4.04. The molecule has 2 aromatic heterocycles. The Balaban J connectivity index is 1.72. The van der Waals surface area contributed by atoms with Gasteiger partial charge in [0.05, 0.1) is 17.1 Å². The number of aryl methyl sites for hydroxylation is 5. The summed E-state index contributed by atoms with van der Waals surface area (Å²) in [5.41, 5.74) is 14.8. The van der Waals surface area contributed by atoms with Crippen molar-refractivity contribution in [2.45, 2.75) is 40.0 Å². The number of pyridine rings is 2. The van der Waals surface area contributed by atoms with E-state index in [1.807, 2.05) is 6.20 Å². The SMILES string of the molecule is Cc1ccnc(C2(c3cccc(-c4ccc(C)cc4C)n3)c3ccc(C)cc3-c3cc(C)ccc32)c1. The first-order valence-corrected chi connectivity index (χ1v) is 12.6. The molecule has 6 rings (SSSR count). The first-order chi connectivity index (χ1) is 17.4. The van der Waals surface area contributed by atoms with Gasteiger partial charge in [-0.1, -0.05) is 77.4 Å². The lowest BCUT2D eigenvalue weighted by Crippen LogP contribution is -2.31. The number of nitrogens with zero attached hydrogens (tertiary/aromatic N) is 2. The summed E-state index contributed by atoms with van der Waals surface area (Å²) < 4.78 is 0. The van der Waals surface area contributed by atoms with Gasteiger partial charge >= 0.3 is 0 Å². The summed E-state index contributed by atoms with van der Waals surface area (Å²) in [7, 11) is 0. The van der Waals surface area contributed by atoms with Crippen LogP contribution in [-0.2, 0) is 5.41 Å². The van der Waals surface area contributed by atoms with E-state index in [9.17, 15) is 0 Å². The molecular weight excluding hydrogens is 436 g/mol. The first kappa shape index (κ1) is 22.4. The summed E-state index contributed by atoms with van der Waals surface area (Å²) in [5.74, 6) is 0. The minimum atomic E-state index is -0.591. The lowest BCUT2D eigenvalue weighted by Gasteiger charge is -2.32. The molecule has 0 saturated carbocycles. The van der Waals surface area contributed by atoms with E-state index in [4.69, 9.17) is 9.97 Å². The number of aromatic nitrogens is 2. The smallest absolute Gasteiger partial charge is 0.106 e. The van der Waals surface area contributed by atoms with Crippen LogP contribution in [0.3, 0.4) is 0 Å². The quantitative estimate of drug-likeness (QED) is 0.264. The van der Waals surface area contributed by atoms with Crippen molar-refractivity contribution >= 4 is 0 Å². The largest absolute Gasteiger partial charge is 0.260 e. The van der Waals surface area contributed by atoms with Crippen LogP contribution in [0, 0.1) is 34.6 Å². The molecule has 5 aromatic rings. The fourth-order valence-corrected chi connectivity index (χ4v) is 5.88. The average Bonchev–Trinajstić information content (AvgIpc) is 3.14. The molecule has 0 unspecified atom stereocenters. The molecule has 2 heterocycles. The minimum Gasteiger partial charge on any atom is -0.260 e. The summed E-state index contributed by atoms with van der Waals surface area (Å²) in [6, 6.07) is 31.0. The molecule has 1 aliphatic rings. The molecule has 0 N–H and O–H groups in total. The molecule has 0 radical (unpaired) electrons. The Labute approximate surface area is 213 Å². The van der Waals surface area contributed by atoms with Gasteiger partial charge in [0.15, 0.2) is 0 Å². The molecule has 2 heteroatoms. The zero-order valence-corrected chi connectivity index (χ0v) is 21.6. The second-order valence-corrected chi connectivity index (χ2v) is 10.3. The van der Waals surface area contributed by atoms with E-state index in [1.165, 1.54) is 55.6 Å². The van der Waals surface area contributed by atoms with Crippen LogP contribution in [0.15, 0.2) is 91.1 Å². The summed E-state index contributed by atoms with van der Waals surface area (Å²) in [6.07, 6.45) is 1.93. The maximum absolute atomic E-state index is 5.40. The average molecular weight is 467 g/mol. The lowest BCUT2D eigenvalue weighted by molar-refractivity contribution is 0.705. The highest BCUT2D eigenvalue weighted by atomic mass is 14.8. The first-order valence-electron chi connectivity index (χ1n) is 12.6. The Morgan fingerprint density at radius 3 is 1.78 bits per heavy atom. The topological polar surface area (TPSA) is 25.8 Å². The molecular formula is C34H30N2. The highest BCUT2D eigenvalue weighted by molar-refractivity contribution is 5.86. The lowest BCUT2D eigenvalue weighted by atomic mass is 9.71. The van der Waals surface area contributed by atoms with E-state index in [-0.39, 0.29) is 0 Å². The summed E-state index contributed by atoms with van der Waals surface area (Å²) in [5, 5.41) is 0. The maximum atomic E-state index is 5.40. The van der Waals surface area contributed by atoms with Gasteiger partial charge in [-0.05, 0) is 92.3 Å². The fourth-order valence-electron chi connectivity index (χ4n) is 5.88. The van der Waals surface area contributed by atoms with Gasteiger partial charge < -0.3 is 0 Å². The summed E-state index contributed by atoms with van der Waals surface area (Å²) >= 11 is 0. The van der Waals surface area contributed by atoms with Gasteiger partial charge in [-0.2, -0.15) is 0 Å². The van der Waals surface area contributed by atoms with Crippen LogP contribution in [0.2, 0.25) is 0 Å². The van der Waals surface area contributed by atoms with Crippen molar-refractivity contribution in [2.75, 3.05) is 0 Å². The molecule has 0 aliphatic heterocycles. The van der Waals surface area contributed by atoms with Gasteiger partial charge in [0.1, 0.15) is 5.41 Å². The van der Waals surface area contributed by atoms with E-state index in [2.05, 4.69) is 120 Å². The van der Waals surface area contributed by atoms with Crippen LogP contribution in [0.4, 0.5) is 0 Å². The molecule has 0 fully saturated rings.